The van der Waals surface area contributed by atoms with E-state index < -0.39 is 0 Å². The molecule has 1 aliphatic heterocycles. The second kappa shape index (κ2) is 8.28. The molecule has 1 amide bonds. The van der Waals surface area contributed by atoms with Gasteiger partial charge in [-0.05, 0) is 55.0 Å². The molecular weight excluding hydrogens is 362 g/mol. The molecule has 1 aliphatic carbocycles. The van der Waals surface area contributed by atoms with Gasteiger partial charge in [0.15, 0.2) is 0 Å². The summed E-state index contributed by atoms with van der Waals surface area (Å²) in [6.45, 7) is 3.20. The minimum atomic E-state index is 0. The fraction of sp³-hybridized carbons (Fsp3) is 0.429. The molecule has 2 aliphatic rings. The number of hydrogen-bond acceptors (Lipinski definition) is 3. The third-order valence-electron chi connectivity index (χ3n) is 5.85. The lowest BCUT2D eigenvalue weighted by atomic mass is 9.92. The van der Waals surface area contributed by atoms with Crippen molar-refractivity contribution in [3.8, 4) is 0 Å². The summed E-state index contributed by atoms with van der Waals surface area (Å²) in [6.07, 6.45) is 5.09. The number of aromatic nitrogens is 1. The first-order chi connectivity index (χ1) is 12.7. The summed E-state index contributed by atoms with van der Waals surface area (Å²) in [4.78, 5) is 24.2. The highest BCUT2D eigenvalue weighted by molar-refractivity contribution is 5.85. The Morgan fingerprint density at radius 3 is 2.52 bits per heavy atom. The van der Waals surface area contributed by atoms with Gasteiger partial charge in [0.2, 0.25) is 5.91 Å². The zero-order chi connectivity index (χ0) is 18.0. The van der Waals surface area contributed by atoms with E-state index in [-0.39, 0.29) is 35.2 Å². The quantitative estimate of drug-likeness (QED) is 0.827. The average molecular weight is 388 g/mol. The maximum Gasteiger partial charge on any atom is 0.250 e. The Labute approximate surface area is 165 Å². The number of halogens is 1. The van der Waals surface area contributed by atoms with Crippen LogP contribution in [0.3, 0.4) is 0 Å². The molecule has 5 nitrogen and oxygen atoms in total. The second-order valence-corrected chi connectivity index (χ2v) is 7.57. The molecule has 2 N–H and O–H groups in total. The Morgan fingerprint density at radius 2 is 1.81 bits per heavy atom. The van der Waals surface area contributed by atoms with Gasteiger partial charge in [0.05, 0.1) is 6.54 Å². The van der Waals surface area contributed by atoms with Gasteiger partial charge >= 0.3 is 0 Å². The van der Waals surface area contributed by atoms with Crippen LogP contribution in [0.1, 0.15) is 30.4 Å². The number of pyridine rings is 1. The number of nitrogens with zero attached hydrogens (tertiary/aromatic N) is 1. The molecule has 1 saturated carbocycles. The van der Waals surface area contributed by atoms with Crippen molar-refractivity contribution >= 4 is 18.3 Å². The second-order valence-electron chi connectivity index (χ2n) is 7.57. The first-order valence-corrected chi connectivity index (χ1v) is 9.38. The van der Waals surface area contributed by atoms with Crippen LogP contribution in [0.2, 0.25) is 0 Å². The van der Waals surface area contributed by atoms with Gasteiger partial charge in [0.1, 0.15) is 0 Å². The molecule has 27 heavy (non-hydrogen) atoms. The van der Waals surface area contributed by atoms with E-state index >= 15 is 0 Å². The van der Waals surface area contributed by atoms with Gasteiger partial charge in [-0.2, -0.15) is 0 Å². The van der Waals surface area contributed by atoms with E-state index in [9.17, 15) is 9.59 Å². The number of carbonyl (C=O) groups is 1. The summed E-state index contributed by atoms with van der Waals surface area (Å²) in [5, 5.41) is 6.47. The van der Waals surface area contributed by atoms with E-state index in [0.717, 1.165) is 43.5 Å². The summed E-state index contributed by atoms with van der Waals surface area (Å²) >= 11 is 0. The van der Waals surface area contributed by atoms with E-state index in [1.54, 1.807) is 22.9 Å². The lowest BCUT2D eigenvalue weighted by Gasteiger charge is -2.23. The predicted octanol–water partition coefficient (Wildman–Crippen LogP) is 2.32. The van der Waals surface area contributed by atoms with Crippen LogP contribution >= 0.6 is 12.4 Å². The van der Waals surface area contributed by atoms with Gasteiger partial charge in [-0.25, -0.2) is 0 Å². The maximum absolute atomic E-state index is 12.4. The fourth-order valence-corrected chi connectivity index (χ4v) is 4.06. The third kappa shape index (κ3) is 4.42. The zero-order valence-electron chi connectivity index (χ0n) is 15.3. The number of benzene rings is 1. The minimum Gasteiger partial charge on any atom is -0.352 e. The molecule has 144 valence electrons. The lowest BCUT2D eigenvalue weighted by Crippen LogP contribution is -2.33. The van der Waals surface area contributed by atoms with E-state index in [4.69, 9.17) is 0 Å². The number of rotatable bonds is 5. The fourth-order valence-electron chi connectivity index (χ4n) is 4.06. The van der Waals surface area contributed by atoms with Crippen molar-refractivity contribution in [2.75, 3.05) is 13.1 Å². The average Bonchev–Trinajstić information content (AvgIpc) is 3.36. The Kier molecular flexibility index (Phi) is 6.02. The maximum atomic E-state index is 12.4. The van der Waals surface area contributed by atoms with E-state index in [1.807, 2.05) is 30.3 Å². The zero-order valence-corrected chi connectivity index (χ0v) is 16.1. The molecule has 6 heteroatoms. The molecule has 2 fully saturated rings. The summed E-state index contributed by atoms with van der Waals surface area (Å²) < 4.78 is 1.68. The number of carbonyl (C=O) groups excluding carboxylic acids is 1. The van der Waals surface area contributed by atoms with Crippen LogP contribution < -0.4 is 16.2 Å². The summed E-state index contributed by atoms with van der Waals surface area (Å²) in [6, 6.07) is 13.3. The molecular formula is C21H26ClN3O2. The third-order valence-corrected chi connectivity index (χ3v) is 5.85. The Bertz CT molecular complexity index is 841. The van der Waals surface area contributed by atoms with E-state index in [0.29, 0.717) is 13.1 Å². The predicted molar refractivity (Wildman–Crippen MR) is 108 cm³/mol. The molecule has 1 unspecified atom stereocenters. The first kappa shape index (κ1) is 19.6. The lowest BCUT2D eigenvalue weighted by molar-refractivity contribution is -0.123. The van der Waals surface area contributed by atoms with Crippen molar-refractivity contribution < 1.29 is 4.79 Å². The monoisotopic (exact) mass is 387 g/mol. The van der Waals surface area contributed by atoms with Crippen LogP contribution in [-0.4, -0.2) is 23.6 Å². The van der Waals surface area contributed by atoms with Crippen molar-refractivity contribution in [2.24, 2.45) is 11.3 Å². The summed E-state index contributed by atoms with van der Waals surface area (Å²) in [7, 11) is 0. The molecule has 2 heterocycles. The van der Waals surface area contributed by atoms with E-state index in [1.165, 1.54) is 0 Å². The highest BCUT2D eigenvalue weighted by Gasteiger charge is 2.57. The molecule has 1 aromatic heterocycles. The molecule has 4 rings (SSSR count). The molecule has 1 saturated heterocycles. The topological polar surface area (TPSA) is 63.1 Å². The van der Waals surface area contributed by atoms with Crippen molar-refractivity contribution in [1.29, 1.82) is 0 Å². The normalized spacial score (nSPS) is 19.9. The minimum absolute atomic E-state index is 0. The van der Waals surface area contributed by atoms with Crippen LogP contribution in [0.5, 0.6) is 0 Å². The molecule has 2 aromatic rings. The smallest absolute Gasteiger partial charge is 0.250 e. The standard InChI is InChI=1S/C21H25N3O2.ClH/c25-19-3-1-2-12-24(19)15-17-6-4-16(5-7-17)14-23-20(26)18-13-21(18)8-10-22-11-9-21;/h1-7,12,18,22H,8-11,13-15H2,(H,23,26);1H. The van der Waals surface area contributed by atoms with Gasteiger partial charge in [0, 0.05) is 24.7 Å². The van der Waals surface area contributed by atoms with Gasteiger partial charge < -0.3 is 15.2 Å². The van der Waals surface area contributed by atoms with Crippen molar-refractivity contribution in [3.63, 3.8) is 0 Å². The van der Waals surface area contributed by atoms with Crippen LogP contribution in [0.25, 0.3) is 0 Å². The van der Waals surface area contributed by atoms with Crippen LogP contribution in [0.15, 0.2) is 53.5 Å². The van der Waals surface area contributed by atoms with Gasteiger partial charge in [-0.1, -0.05) is 30.3 Å². The molecule has 1 aromatic carbocycles. The van der Waals surface area contributed by atoms with Crippen LogP contribution in [0, 0.1) is 11.3 Å². The Hall–Kier alpha value is -2.11. The number of nitrogens with one attached hydrogen (secondary N) is 2. The van der Waals surface area contributed by atoms with Gasteiger partial charge in [-0.3, -0.25) is 9.59 Å². The molecule has 1 spiro atoms. The van der Waals surface area contributed by atoms with Gasteiger partial charge in [-0.15, -0.1) is 12.4 Å². The van der Waals surface area contributed by atoms with Crippen LogP contribution in [0.4, 0.5) is 0 Å². The van der Waals surface area contributed by atoms with Gasteiger partial charge in [0.25, 0.3) is 5.56 Å². The van der Waals surface area contributed by atoms with Crippen molar-refractivity contribution in [3.05, 3.63) is 70.1 Å². The van der Waals surface area contributed by atoms with Crippen LogP contribution in [-0.2, 0) is 17.9 Å². The number of piperidine rings is 1. The Balaban J connectivity index is 0.00000210. The molecule has 0 radical (unpaired) electrons. The summed E-state index contributed by atoms with van der Waals surface area (Å²) in [5.74, 6) is 0.403. The molecule has 0 bridgehead atoms. The molecule has 1 atom stereocenters. The summed E-state index contributed by atoms with van der Waals surface area (Å²) in [5.41, 5.74) is 2.44. The first-order valence-electron chi connectivity index (χ1n) is 9.38. The van der Waals surface area contributed by atoms with Crippen molar-refractivity contribution in [2.45, 2.75) is 32.4 Å². The Morgan fingerprint density at radius 1 is 1.11 bits per heavy atom. The largest absolute Gasteiger partial charge is 0.352 e. The van der Waals surface area contributed by atoms with Crippen molar-refractivity contribution in [1.82, 2.24) is 15.2 Å². The highest BCUT2D eigenvalue weighted by atomic mass is 35.5. The number of amides is 1. The highest BCUT2D eigenvalue weighted by Crippen LogP contribution is 2.58. The number of hydrogen-bond donors (Lipinski definition) is 2. The van der Waals surface area contributed by atoms with E-state index in [2.05, 4.69) is 10.6 Å². The SMILES string of the molecule is Cl.O=C(NCc1ccc(Cn2ccccc2=O)cc1)C1CC12CCNCC2.